The van der Waals surface area contributed by atoms with Crippen LogP contribution in [0.25, 0.3) is 0 Å². The molecule has 166 valence electrons. The molecule has 32 heavy (non-hydrogen) atoms. The largest absolute Gasteiger partial charge is 0.497 e. The molecule has 0 aliphatic heterocycles. The highest BCUT2D eigenvalue weighted by Gasteiger charge is 2.19. The monoisotopic (exact) mass is 433 g/mol. The minimum absolute atomic E-state index is 0.380. The Balaban J connectivity index is 1.74. The van der Waals surface area contributed by atoms with Gasteiger partial charge in [0.15, 0.2) is 6.61 Å². The molecule has 0 heterocycles. The summed E-state index contributed by atoms with van der Waals surface area (Å²) < 4.78 is 15.7. The number of nitrogens with one attached hydrogen (secondary N) is 1. The zero-order valence-corrected chi connectivity index (χ0v) is 18.7. The molecule has 3 aromatic carbocycles. The quantitative estimate of drug-likeness (QED) is 0.534. The van der Waals surface area contributed by atoms with Crippen molar-refractivity contribution in [1.29, 1.82) is 0 Å². The average Bonchev–Trinajstić information content (AvgIpc) is 2.81. The maximum atomic E-state index is 12.7. The molecular formula is C26H27NO5. The summed E-state index contributed by atoms with van der Waals surface area (Å²) in [6, 6.07) is 19.9. The summed E-state index contributed by atoms with van der Waals surface area (Å²) in [6.45, 7) is 3.41. The summed E-state index contributed by atoms with van der Waals surface area (Å²) in [7, 11) is 3.20. The van der Waals surface area contributed by atoms with Crippen LogP contribution >= 0.6 is 0 Å². The maximum Gasteiger partial charge on any atom is 0.338 e. The Morgan fingerprint density at radius 2 is 1.34 bits per heavy atom. The molecule has 1 N–H and O–H groups in total. The Kier molecular flexibility index (Phi) is 7.49. The lowest BCUT2D eigenvalue weighted by atomic mass is 9.98. The number of amides is 1. The van der Waals surface area contributed by atoms with Crippen molar-refractivity contribution >= 4 is 11.9 Å². The Morgan fingerprint density at radius 1 is 0.812 bits per heavy atom. The van der Waals surface area contributed by atoms with E-state index in [1.54, 1.807) is 20.3 Å². The van der Waals surface area contributed by atoms with E-state index in [1.807, 2.05) is 74.5 Å². The second-order valence-corrected chi connectivity index (χ2v) is 7.44. The molecule has 0 fully saturated rings. The highest BCUT2D eigenvalue weighted by atomic mass is 16.5. The summed E-state index contributed by atoms with van der Waals surface area (Å²) in [5.74, 6) is 0.509. The molecule has 3 aromatic rings. The van der Waals surface area contributed by atoms with E-state index in [0.29, 0.717) is 5.56 Å². The minimum atomic E-state index is -0.525. The molecule has 0 atom stereocenters. The molecule has 6 nitrogen and oxygen atoms in total. The topological polar surface area (TPSA) is 73.9 Å². The molecule has 0 bridgehead atoms. The van der Waals surface area contributed by atoms with Crippen molar-refractivity contribution in [2.45, 2.75) is 19.9 Å². The number of carbonyl (C=O) groups excluding carboxylic acids is 2. The number of aryl methyl sites for hydroxylation is 2. The number of ether oxygens (including phenoxy) is 3. The van der Waals surface area contributed by atoms with Gasteiger partial charge in [-0.25, -0.2) is 4.79 Å². The van der Waals surface area contributed by atoms with Crippen molar-refractivity contribution in [3.8, 4) is 11.5 Å². The molecule has 6 heteroatoms. The number of rotatable bonds is 8. The molecule has 0 aromatic heterocycles. The first-order chi connectivity index (χ1) is 15.4. The lowest BCUT2D eigenvalue weighted by Crippen LogP contribution is -2.33. The average molecular weight is 434 g/mol. The predicted octanol–water partition coefficient (Wildman–Crippen LogP) is 4.38. The normalized spacial score (nSPS) is 10.5. The second-order valence-electron chi connectivity index (χ2n) is 7.44. The van der Waals surface area contributed by atoms with E-state index in [0.717, 1.165) is 33.8 Å². The van der Waals surface area contributed by atoms with E-state index >= 15 is 0 Å². The smallest absolute Gasteiger partial charge is 0.338 e. The van der Waals surface area contributed by atoms with Crippen LogP contribution in [0.4, 0.5) is 0 Å². The fourth-order valence-corrected chi connectivity index (χ4v) is 3.41. The number of esters is 1. The summed E-state index contributed by atoms with van der Waals surface area (Å²) in [5.41, 5.74) is 4.05. The van der Waals surface area contributed by atoms with Gasteiger partial charge in [-0.2, -0.15) is 0 Å². The Labute approximate surface area is 188 Å². The van der Waals surface area contributed by atoms with Crippen LogP contribution in [-0.2, 0) is 9.53 Å². The standard InChI is InChI=1S/C26H27NO5/c1-17-5-14-23(18(2)15-17)26(29)32-16-24(28)27-25(19-6-10-21(30-3)11-7-19)20-8-12-22(31-4)13-9-20/h5-15,25H,16H2,1-4H3,(H,27,28). The van der Waals surface area contributed by atoms with Crippen LogP contribution in [0.1, 0.15) is 38.7 Å². The third-order valence-electron chi connectivity index (χ3n) is 5.14. The number of methoxy groups -OCH3 is 2. The number of carbonyl (C=O) groups is 2. The summed E-state index contributed by atoms with van der Waals surface area (Å²) >= 11 is 0. The maximum absolute atomic E-state index is 12.7. The van der Waals surface area contributed by atoms with E-state index in [9.17, 15) is 9.59 Å². The molecule has 0 unspecified atom stereocenters. The SMILES string of the molecule is COc1ccc(C(NC(=O)COC(=O)c2ccc(C)cc2C)c2ccc(OC)cc2)cc1. The summed E-state index contributed by atoms with van der Waals surface area (Å²) in [4.78, 5) is 25.1. The van der Waals surface area contributed by atoms with E-state index in [4.69, 9.17) is 14.2 Å². The highest BCUT2D eigenvalue weighted by molar-refractivity contribution is 5.92. The molecule has 3 rings (SSSR count). The highest BCUT2D eigenvalue weighted by Crippen LogP contribution is 2.26. The number of hydrogen-bond acceptors (Lipinski definition) is 5. The fourth-order valence-electron chi connectivity index (χ4n) is 3.41. The molecule has 1 amide bonds. The molecule has 0 radical (unpaired) electrons. The van der Waals surface area contributed by atoms with Crippen LogP contribution < -0.4 is 14.8 Å². The van der Waals surface area contributed by atoms with Crippen LogP contribution in [0, 0.1) is 13.8 Å². The van der Waals surface area contributed by atoms with Gasteiger partial charge in [0.2, 0.25) is 0 Å². The first kappa shape index (κ1) is 22.9. The molecule has 0 aliphatic carbocycles. The van der Waals surface area contributed by atoms with E-state index in [2.05, 4.69) is 5.32 Å². The second kappa shape index (κ2) is 10.5. The van der Waals surface area contributed by atoms with Gasteiger partial charge in [-0.05, 0) is 60.9 Å². The molecule has 0 aliphatic rings. The van der Waals surface area contributed by atoms with E-state index < -0.39 is 17.9 Å². The van der Waals surface area contributed by atoms with Crippen molar-refractivity contribution in [2.24, 2.45) is 0 Å². The molecule has 0 spiro atoms. The van der Waals surface area contributed by atoms with Crippen LogP contribution in [0.5, 0.6) is 11.5 Å². The number of benzene rings is 3. The van der Waals surface area contributed by atoms with E-state index in [-0.39, 0.29) is 6.61 Å². The van der Waals surface area contributed by atoms with Gasteiger partial charge in [-0.3, -0.25) is 4.79 Å². The van der Waals surface area contributed by atoms with E-state index in [1.165, 1.54) is 0 Å². The van der Waals surface area contributed by atoms with Gasteiger partial charge in [-0.15, -0.1) is 0 Å². The third-order valence-corrected chi connectivity index (χ3v) is 5.14. The Hall–Kier alpha value is -3.80. The van der Waals surface area contributed by atoms with Crippen LogP contribution in [0.15, 0.2) is 66.7 Å². The van der Waals surface area contributed by atoms with Gasteiger partial charge in [0.1, 0.15) is 11.5 Å². The van der Waals surface area contributed by atoms with Crippen molar-refractivity contribution in [3.05, 3.63) is 94.5 Å². The molecule has 0 saturated heterocycles. The van der Waals surface area contributed by atoms with Gasteiger partial charge in [-0.1, -0.05) is 42.0 Å². The predicted molar refractivity (Wildman–Crippen MR) is 122 cm³/mol. The van der Waals surface area contributed by atoms with Gasteiger partial charge in [0.05, 0.1) is 25.8 Å². The molecular weight excluding hydrogens is 406 g/mol. The number of hydrogen-bond donors (Lipinski definition) is 1. The van der Waals surface area contributed by atoms with Crippen molar-refractivity contribution < 1.29 is 23.8 Å². The van der Waals surface area contributed by atoms with Crippen molar-refractivity contribution in [1.82, 2.24) is 5.32 Å². The lowest BCUT2D eigenvalue weighted by Gasteiger charge is -2.20. The molecule has 0 saturated carbocycles. The van der Waals surface area contributed by atoms with Gasteiger partial charge >= 0.3 is 5.97 Å². The van der Waals surface area contributed by atoms with Crippen LogP contribution in [-0.4, -0.2) is 32.7 Å². The third kappa shape index (κ3) is 5.66. The zero-order chi connectivity index (χ0) is 23.1. The van der Waals surface area contributed by atoms with Crippen LogP contribution in [0.2, 0.25) is 0 Å². The van der Waals surface area contributed by atoms with Crippen molar-refractivity contribution in [2.75, 3.05) is 20.8 Å². The fraction of sp³-hybridized carbons (Fsp3) is 0.231. The zero-order valence-electron chi connectivity index (χ0n) is 18.7. The van der Waals surface area contributed by atoms with Crippen molar-refractivity contribution in [3.63, 3.8) is 0 Å². The van der Waals surface area contributed by atoms with Gasteiger partial charge in [0.25, 0.3) is 5.91 Å². The van der Waals surface area contributed by atoms with Gasteiger partial charge < -0.3 is 19.5 Å². The minimum Gasteiger partial charge on any atom is -0.497 e. The first-order valence-corrected chi connectivity index (χ1v) is 10.2. The summed E-state index contributed by atoms with van der Waals surface area (Å²) in [6.07, 6.45) is 0. The van der Waals surface area contributed by atoms with Gasteiger partial charge in [0, 0.05) is 0 Å². The lowest BCUT2D eigenvalue weighted by molar-refractivity contribution is -0.124. The van der Waals surface area contributed by atoms with Crippen LogP contribution in [0.3, 0.4) is 0 Å². The summed E-state index contributed by atoms with van der Waals surface area (Å²) in [5, 5.41) is 2.96. The first-order valence-electron chi connectivity index (χ1n) is 10.2. The Bertz CT molecular complexity index is 1030. The Morgan fingerprint density at radius 3 is 1.81 bits per heavy atom.